The molecule has 0 amide bonds. The van der Waals surface area contributed by atoms with Crippen molar-refractivity contribution < 1.29 is 5.11 Å². The molecule has 2 heteroatoms. The van der Waals surface area contributed by atoms with Crippen molar-refractivity contribution in [2.45, 2.75) is 20.0 Å². The van der Waals surface area contributed by atoms with Crippen LogP contribution in [-0.2, 0) is 0 Å². The Balaban J connectivity index is 3.02. The number of aliphatic hydroxyl groups excluding tert-OH is 1. The highest BCUT2D eigenvalue weighted by Crippen LogP contribution is 2.26. The van der Waals surface area contributed by atoms with Crippen molar-refractivity contribution in [2.24, 2.45) is 0 Å². The van der Waals surface area contributed by atoms with E-state index in [9.17, 15) is 5.11 Å². The maximum atomic E-state index is 9.41. The van der Waals surface area contributed by atoms with Crippen molar-refractivity contribution in [1.29, 1.82) is 0 Å². The summed E-state index contributed by atoms with van der Waals surface area (Å²) in [5.41, 5.74) is 0.988. The van der Waals surface area contributed by atoms with Gasteiger partial charge in [0.05, 0.1) is 6.10 Å². The topological polar surface area (TPSA) is 20.2 Å². The third kappa shape index (κ3) is 1.70. The predicted molar refractivity (Wildman–Crippen MR) is 48.9 cm³/mol. The van der Waals surface area contributed by atoms with Crippen LogP contribution >= 0.6 is 11.3 Å². The second-order valence-corrected chi connectivity index (χ2v) is 4.01. The van der Waals surface area contributed by atoms with Crippen LogP contribution in [-0.4, -0.2) is 5.11 Å². The summed E-state index contributed by atoms with van der Waals surface area (Å²) in [6.07, 6.45) is 1.05. The van der Waals surface area contributed by atoms with Gasteiger partial charge in [0.25, 0.3) is 0 Å². The fourth-order valence-electron chi connectivity index (χ4n) is 1.07. The molecule has 0 saturated heterocycles. The highest BCUT2D eigenvalue weighted by atomic mass is 32.1. The summed E-state index contributed by atoms with van der Waals surface area (Å²) >= 11 is 1.71. The van der Waals surface area contributed by atoms with Crippen LogP contribution in [0, 0.1) is 13.8 Å². The van der Waals surface area contributed by atoms with Crippen LogP contribution in [0.5, 0.6) is 0 Å². The summed E-state index contributed by atoms with van der Waals surface area (Å²) in [6.45, 7) is 7.59. The first kappa shape index (κ1) is 8.50. The molecule has 0 aliphatic carbocycles. The Kier molecular flexibility index (Phi) is 2.47. The molecule has 0 spiro atoms. The zero-order valence-electron chi connectivity index (χ0n) is 6.79. The van der Waals surface area contributed by atoms with E-state index < -0.39 is 6.10 Å². The van der Waals surface area contributed by atoms with Crippen LogP contribution in [0.3, 0.4) is 0 Å². The third-order valence-electron chi connectivity index (χ3n) is 1.62. The lowest BCUT2D eigenvalue weighted by molar-refractivity contribution is 0.229. The summed E-state index contributed by atoms with van der Waals surface area (Å²) in [5, 5.41) is 9.41. The van der Waals surface area contributed by atoms with Gasteiger partial charge in [-0.25, -0.2) is 0 Å². The zero-order chi connectivity index (χ0) is 8.43. The minimum Gasteiger partial charge on any atom is -0.384 e. The summed E-state index contributed by atoms with van der Waals surface area (Å²) in [5.74, 6) is 0. The number of hydrogen-bond acceptors (Lipinski definition) is 2. The molecular formula is C9H12OS. The van der Waals surface area contributed by atoms with Crippen molar-refractivity contribution in [3.05, 3.63) is 34.0 Å². The molecule has 0 radical (unpaired) electrons. The van der Waals surface area contributed by atoms with Gasteiger partial charge < -0.3 is 5.11 Å². The molecule has 1 atom stereocenters. The van der Waals surface area contributed by atoms with Crippen molar-refractivity contribution >= 4 is 11.3 Å². The van der Waals surface area contributed by atoms with Gasteiger partial charge >= 0.3 is 0 Å². The minimum absolute atomic E-state index is 0.500. The van der Waals surface area contributed by atoms with Crippen LogP contribution in [0.2, 0.25) is 0 Å². The molecule has 60 valence electrons. The van der Waals surface area contributed by atoms with Crippen molar-refractivity contribution in [1.82, 2.24) is 0 Å². The average molecular weight is 168 g/mol. The van der Waals surface area contributed by atoms with E-state index in [4.69, 9.17) is 0 Å². The second kappa shape index (κ2) is 3.20. The molecule has 0 aliphatic rings. The SMILES string of the molecule is C=CC(O)c1cc(C)sc1C. The lowest BCUT2D eigenvalue weighted by Crippen LogP contribution is -1.90. The fraction of sp³-hybridized carbons (Fsp3) is 0.333. The van der Waals surface area contributed by atoms with Gasteiger partial charge in [0.1, 0.15) is 0 Å². The lowest BCUT2D eigenvalue weighted by atomic mass is 10.1. The quantitative estimate of drug-likeness (QED) is 0.673. The molecule has 1 rings (SSSR count). The minimum atomic E-state index is -0.500. The van der Waals surface area contributed by atoms with Gasteiger partial charge in [-0.1, -0.05) is 6.08 Å². The van der Waals surface area contributed by atoms with Crippen LogP contribution in [0.15, 0.2) is 18.7 Å². The van der Waals surface area contributed by atoms with E-state index in [2.05, 4.69) is 6.58 Å². The average Bonchev–Trinajstić information content (AvgIpc) is 2.28. The Labute approximate surface area is 71.0 Å². The van der Waals surface area contributed by atoms with E-state index in [0.717, 1.165) is 5.56 Å². The van der Waals surface area contributed by atoms with Crippen LogP contribution in [0.25, 0.3) is 0 Å². The van der Waals surface area contributed by atoms with Gasteiger partial charge in [0.2, 0.25) is 0 Å². The highest BCUT2D eigenvalue weighted by Gasteiger charge is 2.08. The van der Waals surface area contributed by atoms with Crippen molar-refractivity contribution in [3.8, 4) is 0 Å². The van der Waals surface area contributed by atoms with Gasteiger partial charge in [-0.15, -0.1) is 17.9 Å². The molecule has 1 nitrogen and oxygen atoms in total. The molecule has 1 N–H and O–H groups in total. The van der Waals surface area contributed by atoms with Crippen LogP contribution in [0.4, 0.5) is 0 Å². The van der Waals surface area contributed by atoms with Crippen molar-refractivity contribution in [2.75, 3.05) is 0 Å². The number of thiophene rings is 1. The normalized spacial score (nSPS) is 13.0. The van der Waals surface area contributed by atoms with Crippen LogP contribution in [0.1, 0.15) is 21.4 Å². The van der Waals surface area contributed by atoms with E-state index in [1.165, 1.54) is 9.75 Å². The molecule has 11 heavy (non-hydrogen) atoms. The number of rotatable bonds is 2. The highest BCUT2D eigenvalue weighted by molar-refractivity contribution is 7.12. The first-order valence-corrected chi connectivity index (χ1v) is 4.34. The largest absolute Gasteiger partial charge is 0.384 e. The number of aliphatic hydroxyl groups is 1. The monoisotopic (exact) mass is 168 g/mol. The molecule has 0 aliphatic heterocycles. The Morgan fingerprint density at radius 2 is 2.27 bits per heavy atom. The maximum Gasteiger partial charge on any atom is 0.0979 e. The molecule has 0 bridgehead atoms. The first-order chi connectivity index (χ1) is 5.15. The third-order valence-corrected chi connectivity index (χ3v) is 2.60. The summed E-state index contributed by atoms with van der Waals surface area (Å²) < 4.78 is 0. The Hall–Kier alpha value is -0.600. The van der Waals surface area contributed by atoms with E-state index >= 15 is 0 Å². The molecule has 1 aromatic rings. The first-order valence-electron chi connectivity index (χ1n) is 3.52. The predicted octanol–water partition coefficient (Wildman–Crippen LogP) is 2.58. The van der Waals surface area contributed by atoms with Gasteiger partial charge in [0.15, 0.2) is 0 Å². The Morgan fingerprint density at radius 1 is 1.64 bits per heavy atom. The van der Waals surface area contributed by atoms with E-state index in [1.54, 1.807) is 17.4 Å². The Morgan fingerprint density at radius 3 is 2.64 bits per heavy atom. The van der Waals surface area contributed by atoms with Crippen LogP contribution < -0.4 is 0 Å². The van der Waals surface area contributed by atoms with Gasteiger partial charge in [0, 0.05) is 9.75 Å². The maximum absolute atomic E-state index is 9.41. The van der Waals surface area contributed by atoms with Crippen molar-refractivity contribution in [3.63, 3.8) is 0 Å². The van der Waals surface area contributed by atoms with Gasteiger partial charge in [-0.3, -0.25) is 0 Å². The number of aryl methyl sites for hydroxylation is 2. The van der Waals surface area contributed by atoms with Gasteiger partial charge in [-0.05, 0) is 25.5 Å². The fourth-order valence-corrected chi connectivity index (χ4v) is 2.04. The van der Waals surface area contributed by atoms with E-state index in [-0.39, 0.29) is 0 Å². The Bertz CT molecular complexity index is 263. The summed E-state index contributed by atoms with van der Waals surface area (Å²) in [4.78, 5) is 2.41. The summed E-state index contributed by atoms with van der Waals surface area (Å²) in [6, 6.07) is 2.01. The smallest absolute Gasteiger partial charge is 0.0979 e. The van der Waals surface area contributed by atoms with E-state index in [0.29, 0.717) is 0 Å². The molecule has 1 aromatic heterocycles. The summed E-state index contributed by atoms with van der Waals surface area (Å²) in [7, 11) is 0. The standard InChI is InChI=1S/C9H12OS/c1-4-9(10)8-5-6(2)11-7(8)3/h4-5,9-10H,1H2,2-3H3. The molecule has 0 aromatic carbocycles. The molecule has 0 saturated carbocycles. The van der Waals surface area contributed by atoms with E-state index in [1.807, 2.05) is 19.9 Å². The molecule has 1 unspecified atom stereocenters. The number of hydrogen-bond donors (Lipinski definition) is 1. The molecular weight excluding hydrogens is 156 g/mol. The lowest BCUT2D eigenvalue weighted by Gasteiger charge is -2.02. The van der Waals surface area contributed by atoms with Gasteiger partial charge in [-0.2, -0.15) is 0 Å². The zero-order valence-corrected chi connectivity index (χ0v) is 7.61. The molecule has 0 fully saturated rings. The second-order valence-electron chi connectivity index (χ2n) is 2.55. The molecule has 1 heterocycles.